The van der Waals surface area contributed by atoms with Crippen LogP contribution in [0.2, 0.25) is 0 Å². The zero-order valence-corrected chi connectivity index (χ0v) is 12.1. The molecule has 0 radical (unpaired) electrons. The summed E-state index contributed by atoms with van der Waals surface area (Å²) >= 11 is 0. The summed E-state index contributed by atoms with van der Waals surface area (Å²) < 4.78 is 0. The van der Waals surface area contributed by atoms with Crippen molar-refractivity contribution in [1.82, 2.24) is 10.6 Å². The zero-order valence-electron chi connectivity index (χ0n) is 12.1. The molecule has 2 aromatic rings. The quantitative estimate of drug-likeness (QED) is 0.813. The fraction of sp³-hybridized carbons (Fsp3) is 0.444. The third kappa shape index (κ3) is 3.59. The summed E-state index contributed by atoms with van der Waals surface area (Å²) in [7, 11) is 0. The molecule has 0 amide bonds. The highest BCUT2D eigenvalue weighted by atomic mass is 14.9. The van der Waals surface area contributed by atoms with Crippen molar-refractivity contribution in [3.05, 3.63) is 48.0 Å². The van der Waals surface area contributed by atoms with Crippen molar-refractivity contribution in [2.24, 2.45) is 5.92 Å². The van der Waals surface area contributed by atoms with Crippen LogP contribution in [-0.2, 0) is 6.54 Å². The Labute approximate surface area is 121 Å². The molecule has 1 heterocycles. The van der Waals surface area contributed by atoms with E-state index in [-0.39, 0.29) is 0 Å². The topological polar surface area (TPSA) is 24.1 Å². The van der Waals surface area contributed by atoms with Crippen LogP contribution in [0.15, 0.2) is 42.5 Å². The second-order valence-electron chi connectivity index (χ2n) is 5.86. The van der Waals surface area contributed by atoms with Gasteiger partial charge in [-0.25, -0.2) is 0 Å². The largest absolute Gasteiger partial charge is 0.316 e. The summed E-state index contributed by atoms with van der Waals surface area (Å²) in [5.74, 6) is 0.868. The van der Waals surface area contributed by atoms with Gasteiger partial charge in [0.2, 0.25) is 0 Å². The molecule has 0 aromatic heterocycles. The van der Waals surface area contributed by atoms with Crippen LogP contribution >= 0.6 is 0 Å². The van der Waals surface area contributed by atoms with E-state index in [0.29, 0.717) is 0 Å². The van der Waals surface area contributed by atoms with E-state index in [2.05, 4.69) is 53.1 Å². The van der Waals surface area contributed by atoms with E-state index in [9.17, 15) is 0 Å². The molecule has 106 valence electrons. The van der Waals surface area contributed by atoms with E-state index < -0.39 is 0 Å². The first kappa shape index (κ1) is 13.6. The van der Waals surface area contributed by atoms with E-state index in [1.54, 1.807) is 0 Å². The lowest BCUT2D eigenvalue weighted by molar-refractivity contribution is 0.352. The smallest absolute Gasteiger partial charge is 0.0205 e. The molecule has 2 N–H and O–H groups in total. The summed E-state index contributed by atoms with van der Waals surface area (Å²) in [5.41, 5.74) is 1.38. The minimum Gasteiger partial charge on any atom is -0.316 e. The predicted octanol–water partition coefficient (Wildman–Crippen LogP) is 3.32. The number of piperidine rings is 1. The van der Waals surface area contributed by atoms with Crippen LogP contribution < -0.4 is 10.6 Å². The van der Waals surface area contributed by atoms with Crippen molar-refractivity contribution < 1.29 is 0 Å². The number of nitrogens with one attached hydrogen (secondary N) is 2. The molecule has 20 heavy (non-hydrogen) atoms. The monoisotopic (exact) mass is 268 g/mol. The Hall–Kier alpha value is -1.38. The maximum Gasteiger partial charge on any atom is 0.0205 e. The first-order valence-corrected chi connectivity index (χ1v) is 7.81. The Bertz CT molecular complexity index is 544. The number of hydrogen-bond donors (Lipinski definition) is 2. The molecule has 0 spiro atoms. The second kappa shape index (κ2) is 6.87. The standard InChI is InChI=1S/C18H24N2/c1-2-6-18-12-16(7-8-17(18)5-1)14-20-11-9-15-4-3-10-19-13-15/h1-2,5-8,12,15,19-20H,3-4,9-11,13-14H2. The van der Waals surface area contributed by atoms with E-state index in [1.807, 2.05) is 0 Å². The van der Waals surface area contributed by atoms with Gasteiger partial charge in [-0.15, -0.1) is 0 Å². The molecule has 0 bridgehead atoms. The van der Waals surface area contributed by atoms with E-state index in [1.165, 1.54) is 48.7 Å². The predicted molar refractivity (Wildman–Crippen MR) is 85.9 cm³/mol. The highest BCUT2D eigenvalue weighted by Gasteiger charge is 2.11. The second-order valence-corrected chi connectivity index (χ2v) is 5.86. The van der Waals surface area contributed by atoms with Gasteiger partial charge in [-0.2, -0.15) is 0 Å². The molecule has 1 fully saturated rings. The highest BCUT2D eigenvalue weighted by molar-refractivity contribution is 5.82. The lowest BCUT2D eigenvalue weighted by Crippen LogP contribution is -2.31. The summed E-state index contributed by atoms with van der Waals surface area (Å²) in [5, 5.41) is 9.73. The minimum absolute atomic E-state index is 0.868. The van der Waals surface area contributed by atoms with Crippen molar-refractivity contribution >= 4 is 10.8 Å². The van der Waals surface area contributed by atoms with Gasteiger partial charge in [0.25, 0.3) is 0 Å². The Morgan fingerprint density at radius 1 is 1.10 bits per heavy atom. The molecule has 0 saturated carbocycles. The molecule has 2 heteroatoms. The fourth-order valence-electron chi connectivity index (χ4n) is 3.06. The van der Waals surface area contributed by atoms with Crippen molar-refractivity contribution in [1.29, 1.82) is 0 Å². The molecule has 2 nitrogen and oxygen atoms in total. The van der Waals surface area contributed by atoms with Gasteiger partial charge in [0.1, 0.15) is 0 Å². The number of benzene rings is 2. The Morgan fingerprint density at radius 2 is 2.00 bits per heavy atom. The molecule has 3 rings (SSSR count). The van der Waals surface area contributed by atoms with Gasteiger partial charge >= 0.3 is 0 Å². The maximum absolute atomic E-state index is 3.59. The van der Waals surface area contributed by atoms with E-state index in [4.69, 9.17) is 0 Å². The summed E-state index contributed by atoms with van der Waals surface area (Å²) in [6, 6.07) is 15.3. The van der Waals surface area contributed by atoms with Gasteiger partial charge in [-0.05, 0) is 67.2 Å². The SMILES string of the molecule is c1ccc2cc(CNCCC3CCCNC3)ccc2c1. The molecule has 0 aliphatic carbocycles. The molecule has 1 saturated heterocycles. The molecular weight excluding hydrogens is 244 g/mol. The van der Waals surface area contributed by atoms with Crippen LogP contribution in [0.25, 0.3) is 10.8 Å². The third-order valence-electron chi connectivity index (χ3n) is 4.27. The molecular formula is C18H24N2. The van der Waals surface area contributed by atoms with Crippen LogP contribution in [0, 0.1) is 5.92 Å². The average Bonchev–Trinajstić information content (AvgIpc) is 2.52. The molecule has 1 unspecified atom stereocenters. The van der Waals surface area contributed by atoms with Gasteiger partial charge in [0, 0.05) is 6.54 Å². The van der Waals surface area contributed by atoms with E-state index in [0.717, 1.165) is 19.0 Å². The van der Waals surface area contributed by atoms with Crippen molar-refractivity contribution in [2.45, 2.75) is 25.8 Å². The molecule has 2 aromatic carbocycles. The van der Waals surface area contributed by atoms with Gasteiger partial charge < -0.3 is 10.6 Å². The number of rotatable bonds is 5. The normalized spacial score (nSPS) is 19.3. The van der Waals surface area contributed by atoms with Gasteiger partial charge in [0.15, 0.2) is 0 Å². The highest BCUT2D eigenvalue weighted by Crippen LogP contribution is 2.16. The zero-order chi connectivity index (χ0) is 13.6. The average molecular weight is 268 g/mol. The van der Waals surface area contributed by atoms with E-state index >= 15 is 0 Å². The molecule has 1 aliphatic heterocycles. The van der Waals surface area contributed by atoms with Gasteiger partial charge in [-0.1, -0.05) is 36.4 Å². The fourth-order valence-corrected chi connectivity index (χ4v) is 3.06. The van der Waals surface area contributed by atoms with Gasteiger partial charge in [0.05, 0.1) is 0 Å². The lowest BCUT2D eigenvalue weighted by atomic mass is 9.96. The van der Waals surface area contributed by atoms with Crippen LogP contribution in [0.5, 0.6) is 0 Å². The Balaban J connectivity index is 1.47. The lowest BCUT2D eigenvalue weighted by Gasteiger charge is -2.22. The maximum atomic E-state index is 3.59. The first-order chi connectivity index (χ1) is 9.92. The van der Waals surface area contributed by atoms with Crippen LogP contribution in [-0.4, -0.2) is 19.6 Å². The van der Waals surface area contributed by atoms with Crippen LogP contribution in [0.3, 0.4) is 0 Å². The first-order valence-electron chi connectivity index (χ1n) is 7.81. The molecule has 1 aliphatic rings. The van der Waals surface area contributed by atoms with Gasteiger partial charge in [-0.3, -0.25) is 0 Å². The summed E-state index contributed by atoms with van der Waals surface area (Å²) in [4.78, 5) is 0. The number of fused-ring (bicyclic) bond motifs is 1. The van der Waals surface area contributed by atoms with Crippen LogP contribution in [0.4, 0.5) is 0 Å². The van der Waals surface area contributed by atoms with Crippen molar-refractivity contribution in [3.63, 3.8) is 0 Å². The summed E-state index contributed by atoms with van der Waals surface area (Å²) in [6.07, 6.45) is 4.03. The van der Waals surface area contributed by atoms with Crippen molar-refractivity contribution in [3.8, 4) is 0 Å². The Kier molecular flexibility index (Phi) is 4.67. The number of hydrogen-bond acceptors (Lipinski definition) is 2. The van der Waals surface area contributed by atoms with Crippen LogP contribution in [0.1, 0.15) is 24.8 Å². The summed E-state index contributed by atoms with van der Waals surface area (Å²) in [6.45, 7) is 4.52. The van der Waals surface area contributed by atoms with Crippen molar-refractivity contribution in [2.75, 3.05) is 19.6 Å². The minimum atomic E-state index is 0.868. The molecule has 1 atom stereocenters. The Morgan fingerprint density at radius 3 is 2.85 bits per heavy atom. The third-order valence-corrected chi connectivity index (χ3v) is 4.27.